The number of carbonyl (C=O) groups excluding carboxylic acids is 2. The summed E-state index contributed by atoms with van der Waals surface area (Å²) in [5, 5.41) is 66.2. The van der Waals surface area contributed by atoms with Crippen molar-refractivity contribution in [3.63, 3.8) is 0 Å². The van der Waals surface area contributed by atoms with E-state index in [9.17, 15) is 30.3 Å². The predicted molar refractivity (Wildman–Crippen MR) is 344 cm³/mol. The summed E-state index contributed by atoms with van der Waals surface area (Å²) in [5.41, 5.74) is 7.98. The van der Waals surface area contributed by atoms with Crippen molar-refractivity contribution < 1.29 is 58.8 Å². The van der Waals surface area contributed by atoms with Gasteiger partial charge in [-0.05, 0) is 214 Å². The number of rotatable bonds is 4. The molecule has 0 radical (unpaired) electrons. The van der Waals surface area contributed by atoms with Crippen LogP contribution in [-0.2, 0) is 55.0 Å². The molecule has 6 aromatic rings. The first-order chi connectivity index (χ1) is 43.2. The average molecular weight is 1240 g/mol. The van der Waals surface area contributed by atoms with Gasteiger partial charge in [0.15, 0.2) is 23.0 Å². The van der Waals surface area contributed by atoms with Crippen LogP contribution in [-0.4, -0.2) is 101 Å². The van der Waals surface area contributed by atoms with Crippen LogP contribution < -0.4 is 14.8 Å². The van der Waals surface area contributed by atoms with E-state index in [1.165, 1.54) is 39.6 Å². The Labute approximate surface area is 527 Å². The molecule has 0 unspecified atom stereocenters. The van der Waals surface area contributed by atoms with Gasteiger partial charge < -0.3 is 54.5 Å². The molecule has 0 aromatic heterocycles. The summed E-state index contributed by atoms with van der Waals surface area (Å²) in [5.74, 6) is 5.17. The van der Waals surface area contributed by atoms with Gasteiger partial charge in [-0.25, -0.2) is 0 Å². The molecule has 13 nitrogen and oxygen atoms in total. The van der Waals surface area contributed by atoms with E-state index in [0.717, 1.165) is 80.1 Å². The van der Waals surface area contributed by atoms with Gasteiger partial charge in [-0.3, -0.25) is 9.59 Å². The second kappa shape index (κ2) is 23.2. The zero-order valence-corrected chi connectivity index (χ0v) is 52.1. The van der Waals surface area contributed by atoms with Crippen molar-refractivity contribution in [3.05, 3.63) is 153 Å². The highest BCUT2D eigenvalue weighted by Gasteiger charge is 2.71. The van der Waals surface area contributed by atoms with Gasteiger partial charge in [0.05, 0.1) is 31.2 Å². The number of aliphatic hydroxyl groups excluding tert-OH is 2. The van der Waals surface area contributed by atoms with Crippen molar-refractivity contribution in [1.82, 2.24) is 5.32 Å². The lowest BCUT2D eigenvalue weighted by Crippen LogP contribution is -2.66. The number of aromatic hydroxyl groups is 3. The fourth-order valence-electron chi connectivity index (χ4n) is 19.1. The number of phenols is 3. The summed E-state index contributed by atoms with van der Waals surface area (Å²) >= 11 is 0. The van der Waals surface area contributed by atoms with E-state index in [1.54, 1.807) is 26.4 Å². The number of aliphatic hydroxyl groups is 2. The molecular formula is C74H77NO12S2. The Kier molecular flexibility index (Phi) is 15.3. The third-order valence-electron chi connectivity index (χ3n) is 22.3. The van der Waals surface area contributed by atoms with Crippen molar-refractivity contribution in [1.29, 1.82) is 0 Å². The first kappa shape index (κ1) is 58.7. The van der Waals surface area contributed by atoms with Crippen LogP contribution in [0.4, 0.5) is 0 Å². The molecule has 0 amide bonds. The van der Waals surface area contributed by atoms with Crippen LogP contribution >= 0.6 is 21.6 Å². The number of allylic oxidation sites excluding steroid dienone is 1. The number of benzene rings is 6. The summed E-state index contributed by atoms with van der Waals surface area (Å²) in [6.45, 7) is 2.95. The third-order valence-corrected chi connectivity index (χ3v) is 24.8. The molecule has 2 spiro atoms. The minimum Gasteiger partial charge on any atom is -0.508 e. The van der Waals surface area contributed by atoms with Crippen LogP contribution in [0.25, 0.3) is 28.0 Å². The lowest BCUT2D eigenvalue weighted by Gasteiger charge is -2.68. The van der Waals surface area contributed by atoms with Crippen LogP contribution in [0.3, 0.4) is 0 Å². The highest BCUT2D eigenvalue weighted by Crippen LogP contribution is 2.76. The lowest BCUT2D eigenvalue weighted by atomic mass is 9.36. The number of hydrogen-bond acceptors (Lipinski definition) is 15. The molecular weight excluding hydrogens is 1160 g/mol. The van der Waals surface area contributed by atoms with Gasteiger partial charge in [0.1, 0.15) is 30.0 Å². The number of hydrogen-bond donors (Lipinski definition) is 6. The number of fused-ring (bicyclic) bond motifs is 11. The van der Waals surface area contributed by atoms with Crippen LogP contribution in [0.15, 0.2) is 109 Å². The summed E-state index contributed by atoms with van der Waals surface area (Å²) in [4.78, 5) is 31.2. The molecule has 462 valence electrons. The van der Waals surface area contributed by atoms with Crippen LogP contribution in [0, 0.1) is 64.6 Å². The fraction of sp³-hybridized carbons (Fsp3) is 0.459. The predicted octanol–water partition coefficient (Wildman–Crippen LogP) is 11.9. The number of nitrogens with one attached hydrogen (secondary N) is 1. The average Bonchev–Trinajstić information content (AvgIpc) is 1.61. The summed E-state index contributed by atoms with van der Waals surface area (Å²) < 4.78 is 32.7. The monoisotopic (exact) mass is 1240 g/mol. The SMILES string of the molecule is COC[C@H]1C#C[C@@H]2C[C@@H]3CSS[C@@H](O)COc4cc5c(cc4O)C[C@@H]4[C@H](O)[C@H]6CC[C@H]7Cc8ccccc8C=C7[C@]78[C@@H]4[C@H]5C[C@@H](C[C@@H](OC(C)=O)[C@H]7Cc4cc(OC)c(O)cc4[C@H]68)OC(=O)[C@@](C2)(C3)c2ccc3cc(O)cc(c3c2)-c2cccc(c2)CNC1. The van der Waals surface area contributed by atoms with Crippen LogP contribution in [0.5, 0.6) is 28.7 Å². The van der Waals surface area contributed by atoms with Crippen molar-refractivity contribution in [3.8, 4) is 51.7 Å². The fourth-order valence-corrected chi connectivity index (χ4v) is 21.3. The second-order valence-corrected chi connectivity index (χ2v) is 29.8. The molecule has 2 heterocycles. The Hall–Kier alpha value is -6.64. The molecule has 16 atom stereocenters. The van der Waals surface area contributed by atoms with Gasteiger partial charge in [0.2, 0.25) is 0 Å². The van der Waals surface area contributed by atoms with E-state index in [1.807, 2.05) is 42.5 Å². The topological polar surface area (TPSA) is 193 Å². The molecule has 9 aliphatic rings. The Morgan fingerprint density at radius 2 is 1.70 bits per heavy atom. The molecule has 6 aromatic carbocycles. The zero-order chi connectivity index (χ0) is 61.0. The van der Waals surface area contributed by atoms with Gasteiger partial charge in [-0.2, -0.15) is 0 Å². The van der Waals surface area contributed by atoms with E-state index < -0.39 is 58.4 Å². The zero-order valence-electron chi connectivity index (χ0n) is 50.5. The molecule has 15 rings (SSSR count). The van der Waals surface area contributed by atoms with Gasteiger partial charge >= 0.3 is 11.9 Å². The van der Waals surface area contributed by atoms with Gasteiger partial charge in [-0.15, -0.1) is 0 Å². The first-order valence-electron chi connectivity index (χ1n) is 32.0. The third kappa shape index (κ3) is 10.1. The molecule has 4 fully saturated rings. The molecule has 4 saturated carbocycles. The lowest BCUT2D eigenvalue weighted by molar-refractivity contribution is -0.188. The van der Waals surface area contributed by atoms with Crippen molar-refractivity contribution in [2.75, 3.05) is 39.7 Å². The Morgan fingerprint density at radius 1 is 0.831 bits per heavy atom. The molecule has 2 aliphatic heterocycles. The largest absolute Gasteiger partial charge is 0.508 e. The number of ether oxygens (including phenoxy) is 5. The highest BCUT2D eigenvalue weighted by atomic mass is 33.1. The summed E-state index contributed by atoms with van der Waals surface area (Å²) in [7, 11) is 6.09. The summed E-state index contributed by atoms with van der Waals surface area (Å²) in [6.07, 6.45) is 5.11. The number of esters is 2. The number of carbonyl (C=O) groups is 2. The van der Waals surface area contributed by atoms with E-state index in [2.05, 4.69) is 71.8 Å². The van der Waals surface area contributed by atoms with E-state index in [4.69, 9.17) is 23.7 Å². The van der Waals surface area contributed by atoms with E-state index >= 15 is 4.79 Å². The highest BCUT2D eigenvalue weighted by molar-refractivity contribution is 8.76. The maximum absolute atomic E-state index is 17.0. The Balaban J connectivity index is 0.967. The van der Waals surface area contributed by atoms with Crippen LogP contribution in [0.2, 0.25) is 0 Å². The first-order valence-corrected chi connectivity index (χ1v) is 34.4. The minimum atomic E-state index is -1.27. The molecule has 89 heavy (non-hydrogen) atoms. The maximum Gasteiger partial charge on any atom is 0.316 e. The maximum atomic E-state index is 17.0. The summed E-state index contributed by atoms with van der Waals surface area (Å²) in [6, 6.07) is 34.3. The quantitative estimate of drug-likeness (QED) is 0.0554. The van der Waals surface area contributed by atoms with E-state index in [0.29, 0.717) is 63.3 Å². The Morgan fingerprint density at radius 3 is 2.55 bits per heavy atom. The molecule has 6 N–H and O–H groups in total. The molecule has 13 bridgehead atoms. The molecule has 15 heteroatoms. The molecule has 7 aliphatic carbocycles. The van der Waals surface area contributed by atoms with Crippen molar-refractivity contribution in [2.24, 2.45) is 52.8 Å². The van der Waals surface area contributed by atoms with Crippen LogP contribution in [0.1, 0.15) is 108 Å². The van der Waals surface area contributed by atoms with Crippen molar-refractivity contribution >= 4 is 50.4 Å². The number of phenolic OH excluding ortho intramolecular Hbond substituents is 3. The Bertz CT molecular complexity index is 3910. The van der Waals surface area contributed by atoms with Gasteiger partial charge in [0.25, 0.3) is 0 Å². The van der Waals surface area contributed by atoms with Crippen molar-refractivity contribution in [2.45, 2.75) is 119 Å². The molecule has 0 saturated heterocycles. The van der Waals surface area contributed by atoms with Gasteiger partial charge in [-0.1, -0.05) is 99.7 Å². The van der Waals surface area contributed by atoms with E-state index in [-0.39, 0.29) is 89.8 Å². The standard InChI is InChI=1S/C74H77NO12S2/c1-39(76)86-65-29-53-28-59-57-31-67(63(78)24-49(57)21-60-70(59)74-61-22-45-9-5-4-8-44(45)19-48(61)14-16-54(71(60)81)69(74)58-30-64(79)66(84-3)25-50(58)23-62(65)74)85-37-68(80)89-88-38-43-17-40-11-12-42(36-83-2)35-75-34-41-7-6-10-46(18-41)56-27-52(77)20-47-13-15-51(26-55(47)56)73(32-40,33-43)72(82)87-53/h4-10,13,15,18,20,22,24-27,30-31,40,42-43,48,53-54,59-60,62,65,68-71,75,77-81H,14,16-17,19,21,23,28-29,32-38H2,1-3H3/t40-,42+,43+,48+,53+,54+,59+,60+,62-,65-,68-,69+,70-,71-,73+,74+/m1/s1. The smallest absolute Gasteiger partial charge is 0.316 e. The normalized spacial score (nSPS) is 33.3. The minimum absolute atomic E-state index is 0.0249. The second-order valence-electron chi connectivity index (χ2n) is 27.2. The van der Waals surface area contributed by atoms with Gasteiger partial charge in [0, 0.05) is 56.5 Å². The number of methoxy groups -OCH3 is 2.